The highest BCUT2D eigenvalue weighted by atomic mass is 32.1. The Hall–Kier alpha value is -2.00. The van der Waals surface area contributed by atoms with E-state index in [1.54, 1.807) is 16.2 Å². The third-order valence-corrected chi connectivity index (χ3v) is 8.01. The smallest absolute Gasteiger partial charge is 0.254 e. The van der Waals surface area contributed by atoms with Crippen molar-refractivity contribution in [3.63, 3.8) is 0 Å². The van der Waals surface area contributed by atoms with Gasteiger partial charge in [0.25, 0.3) is 5.91 Å². The zero-order chi connectivity index (χ0) is 22.1. The molecule has 1 saturated heterocycles. The summed E-state index contributed by atoms with van der Waals surface area (Å²) in [5.74, 6) is 0.486. The first-order valence-electron chi connectivity index (χ1n) is 11.7. The van der Waals surface area contributed by atoms with E-state index in [1.807, 2.05) is 12.1 Å². The number of aliphatic hydroxyl groups excluding tert-OH is 2. The second-order valence-corrected chi connectivity index (χ2v) is 10.2. The Balaban J connectivity index is 1.17. The number of fused-ring (bicyclic) bond motifs is 1. The lowest BCUT2D eigenvalue weighted by Crippen LogP contribution is -2.50. The molecule has 1 aromatic heterocycles. The molecular formula is C24H31N3O4S. The molecule has 2 aliphatic heterocycles. The van der Waals surface area contributed by atoms with Crippen molar-refractivity contribution in [3.8, 4) is 16.3 Å². The van der Waals surface area contributed by atoms with Crippen LogP contribution >= 0.6 is 11.3 Å². The van der Waals surface area contributed by atoms with E-state index in [0.717, 1.165) is 39.7 Å². The highest BCUT2D eigenvalue weighted by Crippen LogP contribution is 2.34. The van der Waals surface area contributed by atoms with Crippen LogP contribution in [0.4, 0.5) is 0 Å². The van der Waals surface area contributed by atoms with Gasteiger partial charge >= 0.3 is 0 Å². The number of piperidine rings is 1. The van der Waals surface area contributed by atoms with Crippen LogP contribution in [0.25, 0.3) is 10.6 Å². The van der Waals surface area contributed by atoms with Gasteiger partial charge in [-0.1, -0.05) is 6.42 Å². The lowest BCUT2D eigenvalue weighted by molar-refractivity contribution is -0.143. The fraction of sp³-hybridized carbons (Fsp3) is 0.583. The second-order valence-electron chi connectivity index (χ2n) is 9.08. The van der Waals surface area contributed by atoms with Crippen molar-refractivity contribution in [2.24, 2.45) is 0 Å². The number of rotatable bonds is 6. The van der Waals surface area contributed by atoms with Crippen LogP contribution in [0.1, 0.15) is 42.7 Å². The third-order valence-electron chi connectivity index (χ3n) is 6.88. The average Bonchev–Trinajstić information content (AvgIpc) is 3.24. The summed E-state index contributed by atoms with van der Waals surface area (Å²) < 4.78 is 6.19. The van der Waals surface area contributed by atoms with Crippen LogP contribution in [0.2, 0.25) is 0 Å². The van der Waals surface area contributed by atoms with E-state index >= 15 is 0 Å². The molecular weight excluding hydrogens is 426 g/mol. The van der Waals surface area contributed by atoms with Crippen LogP contribution in [0, 0.1) is 0 Å². The van der Waals surface area contributed by atoms with E-state index in [1.165, 1.54) is 32.4 Å². The molecule has 172 valence electrons. The second kappa shape index (κ2) is 9.47. The predicted octanol–water partition coefficient (Wildman–Crippen LogP) is 2.44. The summed E-state index contributed by atoms with van der Waals surface area (Å²) in [6, 6.07) is 8.86. The molecule has 1 saturated carbocycles. The van der Waals surface area contributed by atoms with E-state index in [-0.39, 0.29) is 0 Å². The van der Waals surface area contributed by atoms with Crippen LogP contribution in [0.3, 0.4) is 0 Å². The lowest BCUT2D eigenvalue weighted by Gasteiger charge is -2.44. The predicted molar refractivity (Wildman–Crippen MR) is 123 cm³/mol. The molecule has 1 amide bonds. The number of hydrogen-bond donors (Lipinski definition) is 2. The molecule has 8 heteroatoms. The Morgan fingerprint density at radius 3 is 2.62 bits per heavy atom. The van der Waals surface area contributed by atoms with Gasteiger partial charge in [-0.3, -0.25) is 4.79 Å². The SMILES string of the molecule is O=C(C(O)CO)N1CCc2nc(-c3ccc(OC4CC(N5CCCCC5)C4)cc3)sc2C1. The number of aromatic nitrogens is 1. The van der Waals surface area contributed by atoms with E-state index in [0.29, 0.717) is 31.7 Å². The van der Waals surface area contributed by atoms with Crippen molar-refractivity contribution in [3.05, 3.63) is 34.8 Å². The van der Waals surface area contributed by atoms with Gasteiger partial charge in [0, 0.05) is 42.3 Å². The molecule has 1 unspecified atom stereocenters. The normalized spacial score (nSPS) is 24.5. The molecule has 2 N–H and O–H groups in total. The lowest BCUT2D eigenvalue weighted by atomic mass is 9.86. The van der Waals surface area contributed by atoms with Gasteiger partial charge in [0.15, 0.2) is 6.10 Å². The Kier molecular flexibility index (Phi) is 6.46. The average molecular weight is 458 g/mol. The van der Waals surface area contributed by atoms with Crippen LogP contribution in [0.15, 0.2) is 24.3 Å². The quantitative estimate of drug-likeness (QED) is 0.693. The Labute approximate surface area is 192 Å². The molecule has 0 radical (unpaired) electrons. The van der Waals surface area contributed by atoms with Gasteiger partial charge < -0.3 is 24.7 Å². The highest BCUT2D eigenvalue weighted by Gasteiger charge is 2.35. The molecule has 1 atom stereocenters. The topological polar surface area (TPSA) is 86.1 Å². The number of benzene rings is 1. The fourth-order valence-electron chi connectivity index (χ4n) is 4.88. The maximum atomic E-state index is 12.2. The molecule has 3 aliphatic rings. The molecule has 0 spiro atoms. The summed E-state index contributed by atoms with van der Waals surface area (Å²) in [6.45, 7) is 2.89. The molecule has 5 rings (SSSR count). The first-order valence-corrected chi connectivity index (χ1v) is 12.5. The van der Waals surface area contributed by atoms with Crippen molar-refractivity contribution >= 4 is 17.2 Å². The largest absolute Gasteiger partial charge is 0.490 e. The monoisotopic (exact) mass is 457 g/mol. The number of likely N-dealkylation sites (tertiary alicyclic amines) is 1. The zero-order valence-corrected chi connectivity index (χ0v) is 19.1. The van der Waals surface area contributed by atoms with Crippen molar-refractivity contribution in [2.75, 3.05) is 26.2 Å². The van der Waals surface area contributed by atoms with Gasteiger partial charge in [0.05, 0.1) is 18.8 Å². The molecule has 3 heterocycles. The zero-order valence-electron chi connectivity index (χ0n) is 18.3. The molecule has 1 aliphatic carbocycles. The highest BCUT2D eigenvalue weighted by molar-refractivity contribution is 7.15. The minimum atomic E-state index is -1.35. The molecule has 0 bridgehead atoms. The first-order chi connectivity index (χ1) is 15.6. The van der Waals surface area contributed by atoms with Crippen LogP contribution in [-0.2, 0) is 17.8 Å². The number of carbonyl (C=O) groups excluding carboxylic acids is 1. The van der Waals surface area contributed by atoms with E-state index < -0.39 is 18.6 Å². The first kappa shape index (κ1) is 21.8. The number of thiazole rings is 1. The minimum Gasteiger partial charge on any atom is -0.490 e. The maximum absolute atomic E-state index is 12.2. The van der Waals surface area contributed by atoms with Gasteiger partial charge in [-0.25, -0.2) is 4.98 Å². The van der Waals surface area contributed by atoms with Gasteiger partial charge in [-0.05, 0) is 50.2 Å². The number of nitrogens with zero attached hydrogens (tertiary/aromatic N) is 3. The number of hydrogen-bond acceptors (Lipinski definition) is 7. The number of ether oxygens (including phenoxy) is 1. The van der Waals surface area contributed by atoms with E-state index in [9.17, 15) is 9.90 Å². The van der Waals surface area contributed by atoms with Crippen LogP contribution < -0.4 is 4.74 Å². The van der Waals surface area contributed by atoms with Crippen molar-refractivity contribution in [1.82, 2.24) is 14.8 Å². The van der Waals surface area contributed by atoms with Crippen molar-refractivity contribution in [1.29, 1.82) is 0 Å². The standard InChI is InChI=1S/C24H31N3O4S/c28-15-21(29)24(30)27-11-8-20-22(14-27)32-23(25-20)16-4-6-18(7-5-16)31-19-12-17(13-19)26-9-2-1-3-10-26/h4-7,17,19,21,28-29H,1-3,8-15H2. The van der Waals surface area contributed by atoms with E-state index in [4.69, 9.17) is 14.8 Å². The van der Waals surface area contributed by atoms with Gasteiger partial charge in [0.2, 0.25) is 0 Å². The molecule has 2 aromatic rings. The van der Waals surface area contributed by atoms with Crippen LogP contribution in [-0.4, -0.2) is 75.4 Å². The maximum Gasteiger partial charge on any atom is 0.254 e. The summed E-state index contributed by atoms with van der Waals surface area (Å²) in [6.07, 6.45) is 5.94. The van der Waals surface area contributed by atoms with E-state index in [2.05, 4.69) is 17.0 Å². The third kappa shape index (κ3) is 4.55. The van der Waals surface area contributed by atoms with Gasteiger partial charge in [-0.2, -0.15) is 0 Å². The minimum absolute atomic E-state index is 0.317. The summed E-state index contributed by atoms with van der Waals surface area (Å²) in [5.41, 5.74) is 2.07. The molecule has 32 heavy (non-hydrogen) atoms. The Morgan fingerprint density at radius 1 is 1.16 bits per heavy atom. The number of carbonyl (C=O) groups is 1. The summed E-state index contributed by atoms with van der Waals surface area (Å²) in [7, 11) is 0. The summed E-state index contributed by atoms with van der Waals surface area (Å²) in [4.78, 5) is 22.2. The number of amides is 1. The van der Waals surface area contributed by atoms with Crippen LogP contribution in [0.5, 0.6) is 5.75 Å². The summed E-state index contributed by atoms with van der Waals surface area (Å²) in [5, 5.41) is 19.6. The van der Waals surface area contributed by atoms with Gasteiger partial charge in [-0.15, -0.1) is 11.3 Å². The summed E-state index contributed by atoms with van der Waals surface area (Å²) >= 11 is 1.58. The Bertz CT molecular complexity index is 935. The van der Waals surface area contributed by atoms with Crippen molar-refractivity contribution < 1.29 is 19.7 Å². The van der Waals surface area contributed by atoms with Crippen molar-refractivity contribution in [2.45, 2.75) is 63.3 Å². The molecule has 7 nitrogen and oxygen atoms in total. The molecule has 1 aromatic carbocycles. The Morgan fingerprint density at radius 2 is 1.91 bits per heavy atom. The van der Waals surface area contributed by atoms with Gasteiger partial charge in [0.1, 0.15) is 16.9 Å². The molecule has 2 fully saturated rings. The fourth-order valence-corrected chi connectivity index (χ4v) is 6.01. The number of aliphatic hydroxyl groups is 2.